The van der Waals surface area contributed by atoms with E-state index in [-0.39, 0.29) is 5.69 Å². The Morgan fingerprint density at radius 2 is 2.33 bits per heavy atom. The van der Waals surface area contributed by atoms with Crippen molar-refractivity contribution in [3.63, 3.8) is 0 Å². The van der Waals surface area contributed by atoms with Gasteiger partial charge < -0.3 is 9.88 Å². The molecule has 0 aliphatic carbocycles. The molecular formula is C14H22N6O. The van der Waals surface area contributed by atoms with Crippen LogP contribution in [0.15, 0.2) is 23.5 Å². The minimum atomic E-state index is -0.00168. The Morgan fingerprint density at radius 1 is 1.43 bits per heavy atom. The van der Waals surface area contributed by atoms with Gasteiger partial charge in [0.05, 0.1) is 12.9 Å². The highest BCUT2D eigenvalue weighted by molar-refractivity contribution is 5.00. The summed E-state index contributed by atoms with van der Waals surface area (Å²) in [6.07, 6.45) is 7.64. The van der Waals surface area contributed by atoms with Crippen molar-refractivity contribution in [1.82, 2.24) is 29.2 Å². The number of piperidine rings is 1. The van der Waals surface area contributed by atoms with Crippen molar-refractivity contribution >= 4 is 0 Å². The minimum Gasteiger partial charge on any atom is -0.336 e. The van der Waals surface area contributed by atoms with Gasteiger partial charge >= 0.3 is 5.69 Å². The van der Waals surface area contributed by atoms with Gasteiger partial charge in [-0.05, 0) is 26.3 Å². The average Bonchev–Trinajstić information content (AvgIpc) is 3.14. The van der Waals surface area contributed by atoms with Crippen LogP contribution in [0, 0.1) is 0 Å². The Morgan fingerprint density at radius 3 is 3.00 bits per heavy atom. The second-order valence-electron chi connectivity index (χ2n) is 5.45. The van der Waals surface area contributed by atoms with Crippen molar-refractivity contribution in [3.8, 4) is 0 Å². The fourth-order valence-corrected chi connectivity index (χ4v) is 2.90. The summed E-state index contributed by atoms with van der Waals surface area (Å²) in [7, 11) is 0. The van der Waals surface area contributed by atoms with Crippen LogP contribution in [-0.4, -0.2) is 37.0 Å². The summed E-state index contributed by atoms with van der Waals surface area (Å²) >= 11 is 0. The lowest BCUT2D eigenvalue weighted by atomic mass is 9.99. The number of aromatic nitrogens is 5. The maximum Gasteiger partial charge on any atom is 0.345 e. The topological polar surface area (TPSA) is 69.7 Å². The number of nitrogens with zero attached hydrogens (tertiary/aromatic N) is 5. The molecule has 1 N–H and O–H groups in total. The predicted molar refractivity (Wildman–Crippen MR) is 79.2 cm³/mol. The summed E-state index contributed by atoms with van der Waals surface area (Å²) in [5.41, 5.74) is -0.00168. The number of aryl methyl sites for hydroxylation is 2. The lowest BCUT2D eigenvalue weighted by Gasteiger charge is -2.21. The summed E-state index contributed by atoms with van der Waals surface area (Å²) in [5.74, 6) is 1.28. The molecule has 0 aromatic carbocycles. The number of nitrogens with one attached hydrogen (secondary N) is 1. The lowest BCUT2D eigenvalue weighted by Crippen LogP contribution is -2.31. The lowest BCUT2D eigenvalue weighted by molar-refractivity contribution is 0.429. The van der Waals surface area contributed by atoms with Gasteiger partial charge in [-0.1, -0.05) is 0 Å². The smallest absolute Gasteiger partial charge is 0.336 e. The maximum atomic E-state index is 12.4. The van der Waals surface area contributed by atoms with Crippen LogP contribution in [0.3, 0.4) is 0 Å². The molecule has 0 unspecified atom stereocenters. The molecule has 7 heteroatoms. The van der Waals surface area contributed by atoms with Gasteiger partial charge in [0.15, 0.2) is 0 Å². The molecule has 1 aliphatic rings. The van der Waals surface area contributed by atoms with E-state index >= 15 is 0 Å². The molecule has 0 spiro atoms. The van der Waals surface area contributed by atoms with Crippen LogP contribution in [0.2, 0.25) is 0 Å². The molecule has 1 saturated heterocycles. The van der Waals surface area contributed by atoms with E-state index in [2.05, 4.69) is 15.4 Å². The van der Waals surface area contributed by atoms with E-state index in [4.69, 9.17) is 0 Å². The summed E-state index contributed by atoms with van der Waals surface area (Å²) in [6.45, 7) is 5.95. The number of hydrogen-bond acceptors (Lipinski definition) is 4. The van der Waals surface area contributed by atoms with Gasteiger partial charge in [0.1, 0.15) is 5.82 Å². The molecule has 114 valence electrons. The maximum absolute atomic E-state index is 12.4. The van der Waals surface area contributed by atoms with Crippen molar-refractivity contribution < 1.29 is 0 Å². The van der Waals surface area contributed by atoms with Gasteiger partial charge in [-0.3, -0.25) is 4.57 Å². The third kappa shape index (κ3) is 2.92. The summed E-state index contributed by atoms with van der Waals surface area (Å²) in [5, 5.41) is 7.99. The summed E-state index contributed by atoms with van der Waals surface area (Å²) < 4.78 is 5.36. The van der Waals surface area contributed by atoms with Crippen molar-refractivity contribution in [2.45, 2.75) is 45.3 Å². The molecule has 1 atom stereocenters. The Balaban J connectivity index is 1.80. The molecule has 2 aromatic heterocycles. The summed E-state index contributed by atoms with van der Waals surface area (Å²) in [4.78, 5) is 16.5. The highest BCUT2D eigenvalue weighted by atomic mass is 16.2. The molecule has 21 heavy (non-hydrogen) atoms. The van der Waals surface area contributed by atoms with Gasteiger partial charge in [0.25, 0.3) is 0 Å². The Kier molecular flexibility index (Phi) is 4.19. The van der Waals surface area contributed by atoms with Gasteiger partial charge in [0, 0.05) is 37.9 Å². The molecule has 7 nitrogen and oxygen atoms in total. The predicted octanol–water partition coefficient (Wildman–Crippen LogP) is 0.428. The zero-order chi connectivity index (χ0) is 14.7. The molecular weight excluding hydrogens is 268 g/mol. The first-order chi connectivity index (χ1) is 10.3. The van der Waals surface area contributed by atoms with Crippen LogP contribution >= 0.6 is 0 Å². The molecule has 3 rings (SSSR count). The van der Waals surface area contributed by atoms with Crippen molar-refractivity contribution in [2.24, 2.45) is 0 Å². The van der Waals surface area contributed by atoms with Gasteiger partial charge in [-0.25, -0.2) is 14.5 Å². The zero-order valence-electron chi connectivity index (χ0n) is 12.4. The molecule has 0 radical (unpaired) electrons. The van der Waals surface area contributed by atoms with Crippen LogP contribution in [0.4, 0.5) is 0 Å². The molecule has 1 fully saturated rings. The van der Waals surface area contributed by atoms with Crippen molar-refractivity contribution in [2.75, 3.05) is 13.1 Å². The monoisotopic (exact) mass is 290 g/mol. The van der Waals surface area contributed by atoms with E-state index in [1.165, 1.54) is 0 Å². The molecule has 3 heterocycles. The SMILES string of the molecule is CCn1c([C@H]2CCCNC2)nn(CCn2ccnc2)c1=O. The standard InChI is InChI=1S/C14H22N6O/c1-2-19-13(12-4-3-5-15-10-12)17-20(14(19)21)9-8-18-7-6-16-11-18/h6-7,11-12,15H,2-5,8-10H2,1H3/t12-/m0/s1. The van der Waals surface area contributed by atoms with E-state index in [0.717, 1.165) is 31.8 Å². The second kappa shape index (κ2) is 6.26. The van der Waals surface area contributed by atoms with Crippen LogP contribution in [0.5, 0.6) is 0 Å². The van der Waals surface area contributed by atoms with Gasteiger partial charge in [-0.2, -0.15) is 5.10 Å². The van der Waals surface area contributed by atoms with E-state index < -0.39 is 0 Å². The summed E-state index contributed by atoms with van der Waals surface area (Å²) in [6, 6.07) is 0. The third-order valence-electron chi connectivity index (χ3n) is 4.06. The molecule has 2 aromatic rings. The molecule has 0 saturated carbocycles. The van der Waals surface area contributed by atoms with E-state index in [1.807, 2.05) is 22.3 Å². The van der Waals surface area contributed by atoms with E-state index in [1.54, 1.807) is 17.2 Å². The minimum absolute atomic E-state index is 0.00168. The van der Waals surface area contributed by atoms with Crippen LogP contribution in [-0.2, 0) is 19.6 Å². The first-order valence-corrected chi connectivity index (χ1v) is 7.63. The van der Waals surface area contributed by atoms with Crippen LogP contribution < -0.4 is 11.0 Å². The van der Waals surface area contributed by atoms with Gasteiger partial charge in [-0.15, -0.1) is 0 Å². The average molecular weight is 290 g/mol. The first kappa shape index (κ1) is 14.1. The Bertz CT molecular complexity index is 620. The fraction of sp³-hybridized carbons (Fsp3) is 0.643. The highest BCUT2D eigenvalue weighted by Crippen LogP contribution is 2.20. The fourth-order valence-electron chi connectivity index (χ4n) is 2.90. The van der Waals surface area contributed by atoms with Crippen molar-refractivity contribution in [1.29, 1.82) is 0 Å². The number of rotatable bonds is 5. The number of imidazole rings is 1. The largest absolute Gasteiger partial charge is 0.345 e. The molecule has 1 aliphatic heterocycles. The third-order valence-corrected chi connectivity index (χ3v) is 4.06. The number of hydrogen-bond donors (Lipinski definition) is 1. The zero-order valence-corrected chi connectivity index (χ0v) is 12.4. The van der Waals surface area contributed by atoms with Crippen LogP contribution in [0.25, 0.3) is 0 Å². The quantitative estimate of drug-likeness (QED) is 0.867. The first-order valence-electron chi connectivity index (χ1n) is 7.63. The normalized spacial score (nSPS) is 19.0. The van der Waals surface area contributed by atoms with Gasteiger partial charge in [0.2, 0.25) is 0 Å². The highest BCUT2D eigenvalue weighted by Gasteiger charge is 2.23. The van der Waals surface area contributed by atoms with E-state index in [9.17, 15) is 4.79 Å². The Hall–Kier alpha value is -1.89. The van der Waals surface area contributed by atoms with Crippen LogP contribution in [0.1, 0.15) is 31.5 Å². The Labute approximate surface area is 123 Å². The van der Waals surface area contributed by atoms with E-state index in [0.29, 0.717) is 25.6 Å². The second-order valence-corrected chi connectivity index (χ2v) is 5.45. The molecule has 0 amide bonds. The molecule has 0 bridgehead atoms. The van der Waals surface area contributed by atoms with Crippen molar-refractivity contribution in [3.05, 3.63) is 35.0 Å².